The molecule has 0 bridgehead atoms. The molecule has 0 fully saturated rings. The molecule has 0 spiro atoms. The van der Waals surface area contributed by atoms with Gasteiger partial charge >= 0.3 is 6.03 Å². The van der Waals surface area contributed by atoms with Gasteiger partial charge in [-0.15, -0.1) is 11.3 Å². The van der Waals surface area contributed by atoms with E-state index < -0.39 is 0 Å². The summed E-state index contributed by atoms with van der Waals surface area (Å²) in [6.45, 7) is 2.88. The van der Waals surface area contributed by atoms with Gasteiger partial charge in [0.25, 0.3) is 0 Å². The molecule has 5 nitrogen and oxygen atoms in total. The number of nitrogens with one attached hydrogen (secondary N) is 2. The highest BCUT2D eigenvalue weighted by molar-refractivity contribution is 7.13. The predicted octanol–water partition coefficient (Wildman–Crippen LogP) is 3.70. The molecular weight excluding hydrogens is 310 g/mol. The fourth-order valence-electron chi connectivity index (χ4n) is 1.57. The van der Waals surface area contributed by atoms with Gasteiger partial charge in [0.15, 0.2) is 5.13 Å². The first-order chi connectivity index (χ1) is 10.1. The number of hydrogen-bond acceptors (Lipinski definition) is 4. The number of carbonyl (C=O) groups excluding carboxylic acids is 1. The number of aromatic nitrogens is 1. The summed E-state index contributed by atoms with van der Waals surface area (Å²) in [5.74, 6) is 0.655. The summed E-state index contributed by atoms with van der Waals surface area (Å²) < 4.78 is 5.53. The van der Waals surface area contributed by atoms with E-state index in [0.29, 0.717) is 35.5 Å². The zero-order valence-electron chi connectivity index (χ0n) is 11.6. The van der Waals surface area contributed by atoms with E-state index in [1.807, 2.05) is 30.5 Å². The minimum Gasteiger partial charge on any atom is -0.492 e. The van der Waals surface area contributed by atoms with Crippen LogP contribution in [0.3, 0.4) is 0 Å². The maximum Gasteiger partial charge on any atom is 0.321 e. The molecule has 1 heterocycles. The minimum absolute atomic E-state index is 0.262. The Morgan fingerprint density at radius 3 is 2.95 bits per heavy atom. The van der Waals surface area contributed by atoms with Crippen molar-refractivity contribution in [3.63, 3.8) is 0 Å². The number of para-hydroxylation sites is 1. The van der Waals surface area contributed by atoms with Crippen molar-refractivity contribution in [1.29, 1.82) is 0 Å². The van der Waals surface area contributed by atoms with Gasteiger partial charge in [0, 0.05) is 11.9 Å². The van der Waals surface area contributed by atoms with Crippen molar-refractivity contribution < 1.29 is 9.53 Å². The second-order valence-electron chi connectivity index (χ2n) is 4.31. The number of anilines is 1. The summed E-state index contributed by atoms with van der Waals surface area (Å²) in [6.07, 6.45) is 0.690. The van der Waals surface area contributed by atoms with Crippen LogP contribution in [0.25, 0.3) is 0 Å². The lowest BCUT2D eigenvalue weighted by Gasteiger charge is -2.08. The number of nitrogens with zero attached hydrogens (tertiary/aromatic N) is 1. The van der Waals surface area contributed by atoms with Gasteiger partial charge in [0.05, 0.1) is 17.3 Å². The van der Waals surface area contributed by atoms with E-state index in [2.05, 4.69) is 15.6 Å². The van der Waals surface area contributed by atoms with Crippen LogP contribution >= 0.6 is 22.9 Å². The molecule has 0 aliphatic carbocycles. The van der Waals surface area contributed by atoms with Gasteiger partial charge < -0.3 is 10.1 Å². The van der Waals surface area contributed by atoms with Crippen molar-refractivity contribution in [1.82, 2.24) is 10.3 Å². The predicted molar refractivity (Wildman–Crippen MR) is 85.4 cm³/mol. The van der Waals surface area contributed by atoms with Crippen LogP contribution in [-0.4, -0.2) is 24.2 Å². The number of amides is 2. The minimum atomic E-state index is -0.262. The van der Waals surface area contributed by atoms with E-state index in [0.717, 1.165) is 5.69 Å². The Kier molecular flexibility index (Phi) is 5.83. The normalized spacial score (nSPS) is 10.2. The molecule has 112 valence electrons. The molecule has 0 aliphatic heterocycles. The van der Waals surface area contributed by atoms with E-state index in [1.54, 1.807) is 6.07 Å². The third kappa shape index (κ3) is 5.24. The molecule has 21 heavy (non-hydrogen) atoms. The largest absolute Gasteiger partial charge is 0.492 e. The molecule has 2 N–H and O–H groups in total. The Morgan fingerprint density at radius 1 is 1.43 bits per heavy atom. The lowest BCUT2D eigenvalue weighted by Crippen LogP contribution is -2.30. The van der Waals surface area contributed by atoms with Crippen LogP contribution in [-0.2, 0) is 0 Å². The summed E-state index contributed by atoms with van der Waals surface area (Å²) in [5, 5.41) is 8.48. The van der Waals surface area contributed by atoms with Crippen LogP contribution in [0.15, 0.2) is 29.6 Å². The molecule has 1 aromatic carbocycles. The highest BCUT2D eigenvalue weighted by atomic mass is 35.5. The highest BCUT2D eigenvalue weighted by Gasteiger charge is 2.04. The van der Waals surface area contributed by atoms with Crippen LogP contribution in [0.5, 0.6) is 5.75 Å². The zero-order chi connectivity index (χ0) is 15.1. The Labute approximate surface area is 132 Å². The summed E-state index contributed by atoms with van der Waals surface area (Å²) in [5.41, 5.74) is 0.892. The Balaban J connectivity index is 1.61. The molecule has 2 aromatic rings. The quantitative estimate of drug-likeness (QED) is 0.796. The Bertz CT molecular complexity index is 603. The van der Waals surface area contributed by atoms with E-state index in [-0.39, 0.29) is 6.03 Å². The van der Waals surface area contributed by atoms with E-state index in [4.69, 9.17) is 16.3 Å². The fraction of sp³-hybridized carbons (Fsp3) is 0.286. The summed E-state index contributed by atoms with van der Waals surface area (Å²) in [4.78, 5) is 15.7. The van der Waals surface area contributed by atoms with Crippen LogP contribution in [0, 0.1) is 6.92 Å². The lowest BCUT2D eigenvalue weighted by molar-refractivity contribution is 0.250. The Hall–Kier alpha value is -1.79. The average Bonchev–Trinajstić information content (AvgIpc) is 2.85. The van der Waals surface area contributed by atoms with Gasteiger partial charge in [-0.05, 0) is 25.5 Å². The molecule has 0 unspecified atom stereocenters. The number of rotatable bonds is 6. The third-order valence-corrected chi connectivity index (χ3v) is 3.73. The maximum atomic E-state index is 11.6. The molecular formula is C14H16ClN3O2S. The molecule has 0 atom stereocenters. The van der Waals surface area contributed by atoms with Crippen molar-refractivity contribution in [3.05, 3.63) is 40.4 Å². The molecule has 1 aromatic heterocycles. The van der Waals surface area contributed by atoms with Gasteiger partial charge in [0.2, 0.25) is 0 Å². The molecule has 0 saturated carbocycles. The fourth-order valence-corrected chi connectivity index (χ4v) is 2.44. The third-order valence-electron chi connectivity index (χ3n) is 2.54. The standard InChI is InChI=1S/C14H16ClN3O2S/c1-10-9-21-14(17-10)18-13(19)16-7-4-8-20-12-6-3-2-5-11(12)15/h2-3,5-6,9H,4,7-8H2,1H3,(H2,16,17,18,19). The van der Waals surface area contributed by atoms with Gasteiger partial charge in [-0.25, -0.2) is 9.78 Å². The van der Waals surface area contributed by atoms with Gasteiger partial charge in [-0.2, -0.15) is 0 Å². The maximum absolute atomic E-state index is 11.6. The van der Waals surface area contributed by atoms with E-state index in [1.165, 1.54) is 11.3 Å². The number of ether oxygens (including phenoxy) is 1. The van der Waals surface area contributed by atoms with E-state index >= 15 is 0 Å². The second kappa shape index (κ2) is 7.85. The Morgan fingerprint density at radius 2 is 2.24 bits per heavy atom. The average molecular weight is 326 g/mol. The van der Waals surface area contributed by atoms with Gasteiger partial charge in [0.1, 0.15) is 5.75 Å². The van der Waals surface area contributed by atoms with Crippen molar-refractivity contribution >= 4 is 34.1 Å². The van der Waals surface area contributed by atoms with Crippen LogP contribution in [0.1, 0.15) is 12.1 Å². The first kappa shape index (κ1) is 15.6. The van der Waals surface area contributed by atoms with Crippen molar-refractivity contribution in [2.45, 2.75) is 13.3 Å². The number of carbonyl (C=O) groups is 1. The summed E-state index contributed by atoms with van der Waals surface area (Å²) >= 11 is 7.37. The summed E-state index contributed by atoms with van der Waals surface area (Å²) in [6, 6.07) is 7.04. The molecule has 0 saturated heterocycles. The number of aryl methyl sites for hydroxylation is 1. The van der Waals surface area contributed by atoms with Crippen molar-refractivity contribution in [2.75, 3.05) is 18.5 Å². The molecule has 0 aliphatic rings. The number of benzene rings is 1. The van der Waals surface area contributed by atoms with Crippen LogP contribution in [0.4, 0.5) is 9.93 Å². The van der Waals surface area contributed by atoms with Crippen LogP contribution < -0.4 is 15.4 Å². The molecule has 2 amide bonds. The molecule has 0 radical (unpaired) electrons. The molecule has 2 rings (SSSR count). The zero-order valence-corrected chi connectivity index (χ0v) is 13.1. The monoisotopic (exact) mass is 325 g/mol. The van der Waals surface area contributed by atoms with Crippen molar-refractivity contribution in [2.24, 2.45) is 0 Å². The number of urea groups is 1. The smallest absolute Gasteiger partial charge is 0.321 e. The second-order valence-corrected chi connectivity index (χ2v) is 5.57. The van der Waals surface area contributed by atoms with E-state index in [9.17, 15) is 4.79 Å². The first-order valence-electron chi connectivity index (χ1n) is 6.49. The number of thiazole rings is 1. The summed E-state index contributed by atoms with van der Waals surface area (Å²) in [7, 11) is 0. The number of halogens is 1. The van der Waals surface area contributed by atoms with Gasteiger partial charge in [-0.3, -0.25) is 5.32 Å². The highest BCUT2D eigenvalue weighted by Crippen LogP contribution is 2.22. The molecule has 7 heteroatoms. The van der Waals surface area contributed by atoms with Crippen molar-refractivity contribution in [3.8, 4) is 5.75 Å². The van der Waals surface area contributed by atoms with Crippen LogP contribution in [0.2, 0.25) is 5.02 Å². The first-order valence-corrected chi connectivity index (χ1v) is 7.75. The van der Waals surface area contributed by atoms with Gasteiger partial charge in [-0.1, -0.05) is 23.7 Å². The lowest BCUT2D eigenvalue weighted by atomic mass is 10.3. The SMILES string of the molecule is Cc1csc(NC(=O)NCCCOc2ccccc2Cl)n1. The number of hydrogen-bond donors (Lipinski definition) is 2. The topological polar surface area (TPSA) is 63.2 Å².